The number of halogens is 3. The minimum Gasteiger partial charge on any atom is -0.484 e. The van der Waals surface area contributed by atoms with E-state index in [4.69, 9.17) is 8.94 Å². The Labute approximate surface area is 144 Å². The molecular formula is C16H12F3N3O4. The van der Waals surface area contributed by atoms with Crippen LogP contribution in [0.3, 0.4) is 0 Å². The molecule has 0 bridgehead atoms. The molecule has 0 aliphatic heterocycles. The summed E-state index contributed by atoms with van der Waals surface area (Å²) in [6.45, 7) is -1.32. The normalized spacial score (nSPS) is 11.3. The van der Waals surface area contributed by atoms with E-state index in [1.165, 1.54) is 30.5 Å². The molecule has 0 aliphatic carbocycles. The highest BCUT2D eigenvalue weighted by Gasteiger charge is 2.28. The zero-order valence-electron chi connectivity index (χ0n) is 13.1. The lowest BCUT2D eigenvalue weighted by molar-refractivity contribution is -0.153. The highest BCUT2D eigenvalue weighted by molar-refractivity contribution is 5.97. The third-order valence-corrected chi connectivity index (χ3v) is 3.21. The first-order valence-corrected chi connectivity index (χ1v) is 7.33. The van der Waals surface area contributed by atoms with Crippen molar-refractivity contribution in [3.63, 3.8) is 0 Å². The molecule has 3 rings (SSSR count). The van der Waals surface area contributed by atoms with Crippen molar-refractivity contribution in [1.82, 2.24) is 15.5 Å². The minimum atomic E-state index is -4.42. The number of rotatable bonds is 6. The Hall–Kier alpha value is -3.30. The average molecular weight is 367 g/mol. The smallest absolute Gasteiger partial charge is 0.422 e. The van der Waals surface area contributed by atoms with Crippen LogP contribution in [0.25, 0.3) is 11.5 Å². The van der Waals surface area contributed by atoms with Crippen LogP contribution in [0.1, 0.15) is 16.1 Å². The maximum atomic E-state index is 12.3. The first kappa shape index (κ1) is 17.5. The van der Waals surface area contributed by atoms with Gasteiger partial charge in [-0.05, 0) is 17.7 Å². The third-order valence-electron chi connectivity index (χ3n) is 3.21. The largest absolute Gasteiger partial charge is 0.484 e. The summed E-state index contributed by atoms with van der Waals surface area (Å²) in [5, 5.41) is 6.28. The molecule has 3 aromatic rings. The Morgan fingerprint density at radius 2 is 2.12 bits per heavy atom. The summed E-state index contributed by atoms with van der Waals surface area (Å²) in [6.07, 6.45) is -1.99. The van der Waals surface area contributed by atoms with Crippen LogP contribution in [0, 0.1) is 0 Å². The highest BCUT2D eigenvalue weighted by atomic mass is 19.4. The van der Waals surface area contributed by atoms with Gasteiger partial charge in [0, 0.05) is 12.6 Å². The molecule has 26 heavy (non-hydrogen) atoms. The Kier molecular flexibility index (Phi) is 4.92. The second-order valence-electron chi connectivity index (χ2n) is 5.15. The van der Waals surface area contributed by atoms with E-state index < -0.39 is 18.7 Å². The van der Waals surface area contributed by atoms with Crippen LogP contribution < -0.4 is 10.1 Å². The predicted molar refractivity (Wildman–Crippen MR) is 81.2 cm³/mol. The summed E-state index contributed by atoms with van der Waals surface area (Å²) in [5.74, 6) is -0.323. The van der Waals surface area contributed by atoms with E-state index in [0.29, 0.717) is 11.3 Å². The van der Waals surface area contributed by atoms with Crippen molar-refractivity contribution >= 4 is 5.91 Å². The van der Waals surface area contributed by atoms with Gasteiger partial charge >= 0.3 is 6.18 Å². The predicted octanol–water partition coefficient (Wildman–Crippen LogP) is 3.20. The summed E-state index contributed by atoms with van der Waals surface area (Å²) in [7, 11) is 0. The van der Waals surface area contributed by atoms with Gasteiger partial charge in [-0.1, -0.05) is 17.3 Å². The molecule has 0 aliphatic rings. The Morgan fingerprint density at radius 3 is 2.85 bits per heavy atom. The topological polar surface area (TPSA) is 90.4 Å². The fourth-order valence-corrected chi connectivity index (χ4v) is 2.10. The molecule has 10 heteroatoms. The van der Waals surface area contributed by atoms with Crippen molar-refractivity contribution < 1.29 is 31.6 Å². The summed E-state index contributed by atoms with van der Waals surface area (Å²) >= 11 is 0. The molecule has 0 unspecified atom stereocenters. The molecule has 0 spiro atoms. The fraction of sp³-hybridized carbons (Fsp3) is 0.188. The van der Waals surface area contributed by atoms with Gasteiger partial charge in [-0.15, -0.1) is 0 Å². The number of amides is 1. The number of nitrogens with zero attached hydrogens (tertiary/aromatic N) is 2. The minimum absolute atomic E-state index is 0.0170. The number of ether oxygens (including phenoxy) is 1. The molecule has 0 radical (unpaired) electrons. The monoisotopic (exact) mass is 367 g/mol. The second kappa shape index (κ2) is 7.30. The zero-order valence-corrected chi connectivity index (χ0v) is 13.1. The highest BCUT2D eigenvalue weighted by Crippen LogP contribution is 2.22. The van der Waals surface area contributed by atoms with Gasteiger partial charge < -0.3 is 19.0 Å². The van der Waals surface area contributed by atoms with Gasteiger partial charge in [-0.2, -0.15) is 13.2 Å². The number of alkyl halides is 3. The van der Waals surface area contributed by atoms with Crippen molar-refractivity contribution in [3.8, 4) is 17.2 Å². The van der Waals surface area contributed by atoms with Crippen molar-refractivity contribution in [2.45, 2.75) is 12.7 Å². The maximum absolute atomic E-state index is 12.3. The molecule has 1 aromatic carbocycles. The second-order valence-corrected chi connectivity index (χ2v) is 5.15. The first-order chi connectivity index (χ1) is 12.4. The first-order valence-electron chi connectivity index (χ1n) is 7.33. The third kappa shape index (κ3) is 4.41. The number of aromatic nitrogens is 2. The summed E-state index contributed by atoms with van der Waals surface area (Å²) in [6, 6.07) is 7.50. The zero-order chi connectivity index (χ0) is 18.6. The molecule has 0 atom stereocenters. The number of benzene rings is 1. The van der Waals surface area contributed by atoms with Crippen molar-refractivity contribution in [3.05, 3.63) is 54.2 Å². The molecular weight excluding hydrogens is 355 g/mol. The Balaban J connectivity index is 1.63. The van der Waals surface area contributed by atoms with E-state index in [9.17, 15) is 18.0 Å². The molecule has 1 amide bonds. The van der Waals surface area contributed by atoms with Gasteiger partial charge in [0.25, 0.3) is 5.91 Å². The van der Waals surface area contributed by atoms with Crippen LogP contribution in [0.4, 0.5) is 13.2 Å². The number of oxazole rings is 1. The van der Waals surface area contributed by atoms with E-state index >= 15 is 0 Å². The lowest BCUT2D eigenvalue weighted by Gasteiger charge is -2.10. The van der Waals surface area contributed by atoms with E-state index in [-0.39, 0.29) is 23.7 Å². The lowest BCUT2D eigenvalue weighted by atomic mass is 10.2. The van der Waals surface area contributed by atoms with Crippen LogP contribution in [-0.2, 0) is 6.54 Å². The number of hydrogen-bond acceptors (Lipinski definition) is 6. The summed E-state index contributed by atoms with van der Waals surface area (Å²) in [5.41, 5.74) is 0.892. The van der Waals surface area contributed by atoms with Gasteiger partial charge in [0.2, 0.25) is 0 Å². The molecule has 1 N–H and O–H groups in total. The molecule has 2 aromatic heterocycles. The molecule has 2 heterocycles. The molecule has 7 nitrogen and oxygen atoms in total. The standard InChI is InChI=1S/C16H12F3N3O4/c17-16(18,19)8-24-11-3-1-2-10(6-11)7-20-15(23)13-14(25-9-21-13)12-4-5-26-22-12/h1-6,9H,7-8H2,(H,20,23). The van der Waals surface area contributed by atoms with Gasteiger partial charge in [0.15, 0.2) is 30.1 Å². The molecule has 0 fully saturated rings. The SMILES string of the molecule is O=C(NCc1cccc(OCC(F)(F)F)c1)c1ncoc1-c1ccon1. The van der Waals surface area contributed by atoms with Crippen LogP contribution in [-0.4, -0.2) is 28.8 Å². The summed E-state index contributed by atoms with van der Waals surface area (Å²) in [4.78, 5) is 16.1. The molecule has 0 saturated heterocycles. The molecule has 136 valence electrons. The number of nitrogens with one attached hydrogen (secondary N) is 1. The maximum Gasteiger partial charge on any atom is 0.422 e. The number of carbonyl (C=O) groups excluding carboxylic acids is 1. The Bertz CT molecular complexity index is 875. The van der Waals surface area contributed by atoms with E-state index in [1.807, 2.05) is 0 Å². The van der Waals surface area contributed by atoms with Crippen molar-refractivity contribution in [1.29, 1.82) is 0 Å². The van der Waals surface area contributed by atoms with Gasteiger partial charge in [-0.3, -0.25) is 4.79 Å². The van der Waals surface area contributed by atoms with Crippen LogP contribution >= 0.6 is 0 Å². The van der Waals surface area contributed by atoms with Crippen molar-refractivity contribution in [2.24, 2.45) is 0 Å². The van der Waals surface area contributed by atoms with E-state index in [2.05, 4.69) is 20.2 Å². The van der Waals surface area contributed by atoms with Crippen LogP contribution in [0.15, 0.2) is 51.9 Å². The number of hydrogen-bond donors (Lipinski definition) is 1. The average Bonchev–Trinajstić information content (AvgIpc) is 3.28. The Morgan fingerprint density at radius 1 is 1.27 bits per heavy atom. The van der Waals surface area contributed by atoms with Crippen LogP contribution in [0.5, 0.6) is 5.75 Å². The van der Waals surface area contributed by atoms with Gasteiger partial charge in [0.1, 0.15) is 12.0 Å². The van der Waals surface area contributed by atoms with Gasteiger partial charge in [0.05, 0.1) is 0 Å². The van der Waals surface area contributed by atoms with Crippen molar-refractivity contribution in [2.75, 3.05) is 6.61 Å². The van der Waals surface area contributed by atoms with Crippen LogP contribution in [0.2, 0.25) is 0 Å². The summed E-state index contributed by atoms with van der Waals surface area (Å²) < 4.78 is 51.1. The lowest BCUT2D eigenvalue weighted by Crippen LogP contribution is -2.24. The quantitative estimate of drug-likeness (QED) is 0.720. The van der Waals surface area contributed by atoms with E-state index in [1.54, 1.807) is 6.07 Å². The van der Waals surface area contributed by atoms with Gasteiger partial charge in [-0.25, -0.2) is 4.98 Å². The number of carbonyl (C=O) groups is 1. The van der Waals surface area contributed by atoms with E-state index in [0.717, 1.165) is 6.39 Å². The molecule has 0 saturated carbocycles. The fourth-order valence-electron chi connectivity index (χ4n) is 2.10.